The molecular formula is C6H12N2O4. The van der Waals surface area contributed by atoms with Crippen molar-refractivity contribution in [3.63, 3.8) is 0 Å². The van der Waals surface area contributed by atoms with Gasteiger partial charge >= 0.3 is 0 Å². The highest BCUT2D eigenvalue weighted by Crippen LogP contribution is 2.17. The van der Waals surface area contributed by atoms with Gasteiger partial charge in [0.25, 0.3) is 5.09 Å². The lowest BCUT2D eigenvalue weighted by Crippen LogP contribution is -2.35. The number of nitrogens with zero attached hydrogens (tertiary/aromatic N) is 2. The lowest BCUT2D eigenvalue weighted by molar-refractivity contribution is -0.773. The van der Waals surface area contributed by atoms with Gasteiger partial charge in [-0.05, 0) is 12.8 Å². The van der Waals surface area contributed by atoms with Gasteiger partial charge in [-0.2, -0.15) is 0 Å². The van der Waals surface area contributed by atoms with Crippen molar-refractivity contribution in [3.05, 3.63) is 10.1 Å². The quantitative estimate of drug-likeness (QED) is 0.466. The molecule has 1 aliphatic heterocycles. The molecule has 6 nitrogen and oxygen atoms in total. The van der Waals surface area contributed by atoms with E-state index in [-0.39, 0.29) is 6.61 Å². The van der Waals surface area contributed by atoms with Crippen molar-refractivity contribution < 1.29 is 15.0 Å². The van der Waals surface area contributed by atoms with Crippen molar-refractivity contribution in [2.24, 2.45) is 0 Å². The number of β-amino-alcohol motifs (C(OH)–C–C–N with tert-alkyl or cyclic N) is 1. The lowest BCUT2D eigenvalue weighted by Gasteiger charge is -2.20. The van der Waals surface area contributed by atoms with Crippen LogP contribution in [0.2, 0.25) is 0 Å². The normalized spacial score (nSPS) is 24.2. The minimum Gasteiger partial charge on any atom is -0.395 e. The van der Waals surface area contributed by atoms with Crippen molar-refractivity contribution in [2.75, 3.05) is 19.7 Å². The van der Waals surface area contributed by atoms with E-state index in [1.54, 1.807) is 4.90 Å². The Morgan fingerprint density at radius 1 is 1.75 bits per heavy atom. The monoisotopic (exact) mass is 176 g/mol. The number of aliphatic hydroxyl groups excluding tert-OH is 1. The van der Waals surface area contributed by atoms with E-state index in [1.165, 1.54) is 0 Å². The summed E-state index contributed by atoms with van der Waals surface area (Å²) in [5, 5.41) is 17.8. The summed E-state index contributed by atoms with van der Waals surface area (Å²) in [6, 6.07) is 0. The van der Waals surface area contributed by atoms with Gasteiger partial charge in [-0.15, -0.1) is 10.1 Å². The molecule has 0 spiro atoms. The number of hydrogen-bond donors (Lipinski definition) is 1. The Morgan fingerprint density at radius 2 is 2.50 bits per heavy atom. The maximum atomic E-state index is 10.00. The van der Waals surface area contributed by atoms with Crippen LogP contribution in [0.15, 0.2) is 0 Å². The van der Waals surface area contributed by atoms with Crippen molar-refractivity contribution >= 4 is 0 Å². The summed E-state index contributed by atoms with van der Waals surface area (Å²) in [4.78, 5) is 16.2. The zero-order valence-corrected chi connectivity index (χ0v) is 6.68. The first kappa shape index (κ1) is 9.21. The third-order valence-electron chi connectivity index (χ3n) is 1.90. The largest absolute Gasteiger partial charge is 0.395 e. The first-order valence-electron chi connectivity index (χ1n) is 3.90. The van der Waals surface area contributed by atoms with Crippen molar-refractivity contribution in [2.45, 2.75) is 19.1 Å². The molecule has 12 heavy (non-hydrogen) atoms. The van der Waals surface area contributed by atoms with Crippen LogP contribution in [0.3, 0.4) is 0 Å². The summed E-state index contributed by atoms with van der Waals surface area (Å²) >= 11 is 0. The van der Waals surface area contributed by atoms with E-state index in [0.29, 0.717) is 13.0 Å². The molecule has 1 heterocycles. The van der Waals surface area contributed by atoms with E-state index in [1.807, 2.05) is 0 Å². The van der Waals surface area contributed by atoms with Crippen molar-refractivity contribution in [1.82, 2.24) is 4.90 Å². The van der Waals surface area contributed by atoms with Crippen molar-refractivity contribution in [3.8, 4) is 0 Å². The summed E-state index contributed by atoms with van der Waals surface area (Å²) in [5.74, 6) is 0. The Bertz CT molecular complexity index is 164. The zero-order chi connectivity index (χ0) is 8.97. The van der Waals surface area contributed by atoms with Crippen LogP contribution in [-0.2, 0) is 4.84 Å². The van der Waals surface area contributed by atoms with E-state index < -0.39 is 11.3 Å². The van der Waals surface area contributed by atoms with Gasteiger partial charge in [0.05, 0.1) is 6.61 Å². The Kier molecular flexibility index (Phi) is 3.24. The number of likely N-dealkylation sites (tertiary alicyclic amines) is 1. The van der Waals surface area contributed by atoms with Gasteiger partial charge in [-0.25, -0.2) is 0 Å². The topological polar surface area (TPSA) is 75.8 Å². The highest BCUT2D eigenvalue weighted by atomic mass is 17.0. The van der Waals surface area contributed by atoms with E-state index in [2.05, 4.69) is 4.84 Å². The zero-order valence-electron chi connectivity index (χ0n) is 6.68. The predicted molar refractivity (Wildman–Crippen MR) is 39.8 cm³/mol. The van der Waals surface area contributed by atoms with Crippen molar-refractivity contribution in [1.29, 1.82) is 0 Å². The van der Waals surface area contributed by atoms with E-state index in [4.69, 9.17) is 5.11 Å². The van der Waals surface area contributed by atoms with Crippen LogP contribution < -0.4 is 0 Å². The molecular weight excluding hydrogens is 164 g/mol. The van der Waals surface area contributed by atoms with Crippen LogP contribution in [0.4, 0.5) is 0 Å². The van der Waals surface area contributed by atoms with Crippen LogP contribution in [0.25, 0.3) is 0 Å². The van der Waals surface area contributed by atoms with Gasteiger partial charge in [0.1, 0.15) is 0 Å². The maximum Gasteiger partial charge on any atom is 0.296 e. The van der Waals surface area contributed by atoms with Gasteiger partial charge in [0, 0.05) is 13.1 Å². The van der Waals surface area contributed by atoms with Gasteiger partial charge in [-0.1, -0.05) is 0 Å². The fourth-order valence-corrected chi connectivity index (χ4v) is 1.40. The van der Waals surface area contributed by atoms with Gasteiger partial charge in [0.2, 0.25) is 0 Å². The van der Waals surface area contributed by atoms with Crippen LogP contribution in [0.5, 0.6) is 0 Å². The summed E-state index contributed by atoms with van der Waals surface area (Å²) < 4.78 is 0. The minimum absolute atomic E-state index is 0.0115. The Morgan fingerprint density at radius 3 is 3.08 bits per heavy atom. The summed E-state index contributed by atoms with van der Waals surface area (Å²) in [5.41, 5.74) is 0. The van der Waals surface area contributed by atoms with E-state index in [9.17, 15) is 10.1 Å². The first-order valence-corrected chi connectivity index (χ1v) is 3.90. The second-order valence-corrected chi connectivity index (χ2v) is 2.69. The summed E-state index contributed by atoms with van der Waals surface area (Å²) in [6.45, 7) is 1.22. The molecule has 70 valence electrons. The molecule has 0 bridgehead atoms. The molecule has 0 aromatic rings. The fourth-order valence-electron chi connectivity index (χ4n) is 1.40. The smallest absolute Gasteiger partial charge is 0.296 e. The highest BCUT2D eigenvalue weighted by molar-refractivity contribution is 4.70. The molecule has 1 rings (SSSR count). The second-order valence-electron chi connectivity index (χ2n) is 2.69. The van der Waals surface area contributed by atoms with E-state index >= 15 is 0 Å². The fraction of sp³-hybridized carbons (Fsp3) is 1.00. The SMILES string of the molecule is O=[N+]([O-])OC1CCCN1CCO. The summed E-state index contributed by atoms with van der Waals surface area (Å²) in [6.07, 6.45) is 1.10. The molecule has 0 saturated carbocycles. The average Bonchev–Trinajstić information content (AvgIpc) is 2.37. The number of hydrogen-bond acceptors (Lipinski definition) is 5. The first-order chi connectivity index (χ1) is 5.74. The molecule has 6 heteroatoms. The van der Waals surface area contributed by atoms with Gasteiger partial charge < -0.3 is 5.11 Å². The molecule has 0 aliphatic carbocycles. The molecule has 0 radical (unpaired) electrons. The molecule has 1 aliphatic rings. The van der Waals surface area contributed by atoms with Crippen LogP contribution >= 0.6 is 0 Å². The number of rotatable bonds is 4. The minimum atomic E-state index is -0.777. The molecule has 0 aromatic heterocycles. The van der Waals surface area contributed by atoms with Crippen LogP contribution in [-0.4, -0.2) is 41.0 Å². The molecule has 1 saturated heterocycles. The molecule has 1 unspecified atom stereocenters. The molecule has 0 aromatic carbocycles. The van der Waals surface area contributed by atoms with E-state index in [0.717, 1.165) is 13.0 Å². The Balaban J connectivity index is 2.35. The highest BCUT2D eigenvalue weighted by Gasteiger charge is 2.26. The average molecular weight is 176 g/mol. The van der Waals surface area contributed by atoms with Crippen LogP contribution in [0, 0.1) is 10.1 Å². The van der Waals surface area contributed by atoms with Gasteiger partial charge in [0.15, 0.2) is 6.23 Å². The molecule has 1 fully saturated rings. The lowest BCUT2D eigenvalue weighted by atomic mass is 10.4. The number of aliphatic hydroxyl groups is 1. The standard InChI is InChI=1S/C6H12N2O4/c9-5-4-7-3-1-2-6(7)12-8(10)11/h6,9H,1-5H2. The molecule has 1 atom stereocenters. The second kappa shape index (κ2) is 4.22. The third-order valence-corrected chi connectivity index (χ3v) is 1.90. The third kappa shape index (κ3) is 2.31. The van der Waals surface area contributed by atoms with Crippen LogP contribution in [0.1, 0.15) is 12.8 Å². The molecule has 1 N–H and O–H groups in total. The predicted octanol–water partition coefficient (Wildman–Crippen LogP) is -0.391. The Labute approximate surface area is 69.8 Å². The summed E-state index contributed by atoms with van der Waals surface area (Å²) in [7, 11) is 0. The molecule has 0 amide bonds. The van der Waals surface area contributed by atoms with Gasteiger partial charge in [-0.3, -0.25) is 9.74 Å². The maximum absolute atomic E-state index is 10.00. The Hall–Kier alpha value is -0.880.